The number of nitrogens with zero attached hydrogens (tertiary/aromatic N) is 3. The van der Waals surface area contributed by atoms with Crippen LogP contribution in [0.5, 0.6) is 5.75 Å². The molecule has 3 N–H and O–H groups in total. The topological polar surface area (TPSA) is 180 Å². The minimum absolute atomic E-state index is 0.00976. The summed E-state index contributed by atoms with van der Waals surface area (Å²) in [7, 11) is -4.79. The van der Waals surface area contributed by atoms with Gasteiger partial charge < -0.3 is 29.4 Å². The number of anilines is 1. The van der Waals surface area contributed by atoms with Gasteiger partial charge in [0.1, 0.15) is 29.3 Å². The number of imidazole rings is 1. The molecule has 14 nitrogen and oxygen atoms in total. The number of halogens is 1. The number of nitrogens with one attached hydrogen (secondary N) is 2. The molecule has 0 saturated carbocycles. The number of esters is 1. The maximum Gasteiger partial charge on any atom is 0.529 e. The number of aromatic nitrogens is 2. The highest BCUT2D eigenvalue weighted by atomic mass is 35.5. The van der Waals surface area contributed by atoms with Gasteiger partial charge in [-0.05, 0) is 43.3 Å². The lowest BCUT2D eigenvalue weighted by Crippen LogP contribution is -2.30. The van der Waals surface area contributed by atoms with Gasteiger partial charge in [-0.1, -0.05) is 29.8 Å². The summed E-state index contributed by atoms with van der Waals surface area (Å²) < 4.78 is 36.3. The van der Waals surface area contributed by atoms with E-state index in [9.17, 15) is 23.8 Å². The number of fused-ring (bicyclic) bond motifs is 1. The SMILES string of the molecule is CC(=O)CCC(=O)O[C@@H]1C[C@@H](n2cnc3c2NC=N[C@@H]3NC(=O)c2ccccc2)O[C@@H]1OP(=O)(O)Oc1ccc(Cl)cc1. The van der Waals surface area contributed by atoms with Gasteiger partial charge in [-0.2, -0.15) is 0 Å². The first-order valence-electron chi connectivity index (χ1n) is 13.1. The Kier molecular flexibility index (Phi) is 9.23. The van der Waals surface area contributed by atoms with Crippen molar-refractivity contribution >= 4 is 49.2 Å². The Morgan fingerprint density at radius 3 is 2.63 bits per heavy atom. The number of Topliss-reactive ketones (excluding diaryl/α,β-unsaturated/α-hetero) is 1. The maximum absolute atomic E-state index is 12.9. The van der Waals surface area contributed by atoms with Gasteiger partial charge in [0, 0.05) is 23.4 Å². The summed E-state index contributed by atoms with van der Waals surface area (Å²) in [6, 6.07) is 14.3. The van der Waals surface area contributed by atoms with Crippen LogP contribution in [0.25, 0.3) is 0 Å². The largest absolute Gasteiger partial charge is 0.529 e. The van der Waals surface area contributed by atoms with Gasteiger partial charge in [0.25, 0.3) is 5.91 Å². The number of aliphatic imine (C=N–C) groups is 1. The molecule has 2 aromatic carbocycles. The average Bonchev–Trinajstić information content (AvgIpc) is 3.57. The van der Waals surface area contributed by atoms with Gasteiger partial charge >= 0.3 is 13.8 Å². The number of benzene rings is 2. The van der Waals surface area contributed by atoms with Gasteiger partial charge in [0.15, 0.2) is 12.3 Å². The first-order chi connectivity index (χ1) is 20.6. The monoisotopic (exact) mass is 631 g/mol. The zero-order valence-corrected chi connectivity index (χ0v) is 24.3. The standard InChI is InChI=1S/C27H27ClN5O9P/c1-16(34)7-12-22(35)39-20-13-21(40-27(20)42-43(37,38)41-19-10-8-18(28)9-11-19)33-15-31-23-24(29-14-30-25(23)33)32-26(36)17-5-3-2-4-6-17/h2-6,8-11,14-15,20-21,24,27H,7,12-13H2,1H3,(H,29,30)(H,32,36)(H,37,38)/t20-,21+,24-,27-/m1/s1. The summed E-state index contributed by atoms with van der Waals surface area (Å²) >= 11 is 5.86. The van der Waals surface area contributed by atoms with E-state index in [2.05, 4.69) is 20.6 Å². The first kappa shape index (κ1) is 30.4. The molecule has 0 radical (unpaired) electrons. The van der Waals surface area contributed by atoms with Crippen LogP contribution in [-0.4, -0.2) is 50.8 Å². The zero-order valence-electron chi connectivity index (χ0n) is 22.7. The quantitative estimate of drug-likeness (QED) is 0.204. The Morgan fingerprint density at radius 1 is 1.16 bits per heavy atom. The van der Waals surface area contributed by atoms with Gasteiger partial charge in [-0.3, -0.25) is 19.0 Å². The van der Waals surface area contributed by atoms with E-state index in [1.165, 1.54) is 43.9 Å². The first-order valence-corrected chi connectivity index (χ1v) is 15.0. The summed E-state index contributed by atoms with van der Waals surface area (Å²) in [4.78, 5) is 55.7. The molecule has 2 aliphatic rings. The fourth-order valence-corrected chi connectivity index (χ4v) is 5.36. The van der Waals surface area contributed by atoms with Gasteiger partial charge in [-0.15, -0.1) is 0 Å². The van der Waals surface area contributed by atoms with Crippen molar-refractivity contribution in [3.05, 3.63) is 77.2 Å². The fraction of sp³-hybridized carbons (Fsp3) is 0.296. The van der Waals surface area contributed by atoms with Crippen LogP contribution >= 0.6 is 19.4 Å². The van der Waals surface area contributed by atoms with Crippen molar-refractivity contribution in [3.63, 3.8) is 0 Å². The van der Waals surface area contributed by atoms with Crippen molar-refractivity contribution in [2.75, 3.05) is 5.32 Å². The van der Waals surface area contributed by atoms with Crippen LogP contribution in [0.4, 0.5) is 5.82 Å². The molecule has 0 aliphatic carbocycles. The van der Waals surface area contributed by atoms with E-state index < -0.39 is 38.6 Å². The average molecular weight is 632 g/mol. The number of rotatable bonds is 11. The third-order valence-electron chi connectivity index (χ3n) is 6.38. The molecule has 0 bridgehead atoms. The molecule has 16 heteroatoms. The van der Waals surface area contributed by atoms with Crippen LogP contribution in [0, 0.1) is 0 Å². The molecule has 3 aromatic rings. The fourth-order valence-electron chi connectivity index (χ4n) is 4.36. The number of hydrogen-bond acceptors (Lipinski definition) is 11. The number of phosphoric acid groups is 1. The molecule has 43 heavy (non-hydrogen) atoms. The van der Waals surface area contributed by atoms with Crippen LogP contribution in [0.2, 0.25) is 5.02 Å². The number of carbonyl (C=O) groups excluding carboxylic acids is 3. The molecule has 5 atom stereocenters. The van der Waals surface area contributed by atoms with Crippen molar-refractivity contribution < 1.29 is 42.4 Å². The Morgan fingerprint density at radius 2 is 1.91 bits per heavy atom. The molecule has 1 fully saturated rings. The smallest absolute Gasteiger partial charge is 0.457 e. The molecule has 0 spiro atoms. The second-order valence-electron chi connectivity index (χ2n) is 9.59. The van der Waals surface area contributed by atoms with E-state index in [1.807, 2.05) is 0 Å². The zero-order chi connectivity index (χ0) is 30.6. The van der Waals surface area contributed by atoms with E-state index >= 15 is 0 Å². The van der Waals surface area contributed by atoms with Crippen molar-refractivity contribution in [1.29, 1.82) is 0 Å². The van der Waals surface area contributed by atoms with Crippen LogP contribution in [0.3, 0.4) is 0 Å². The number of amides is 1. The molecule has 1 saturated heterocycles. The van der Waals surface area contributed by atoms with Crippen LogP contribution in [0.1, 0.15) is 54.6 Å². The number of phosphoric ester groups is 1. The Bertz CT molecular complexity index is 1570. The normalized spacial score (nSPS) is 22.1. The summed E-state index contributed by atoms with van der Waals surface area (Å²) in [5.74, 6) is -0.840. The van der Waals surface area contributed by atoms with Gasteiger partial charge in [0.05, 0.1) is 19.1 Å². The summed E-state index contributed by atoms with van der Waals surface area (Å²) in [5.41, 5.74) is 0.827. The van der Waals surface area contributed by atoms with Crippen molar-refractivity contribution in [1.82, 2.24) is 14.9 Å². The lowest BCUT2D eigenvalue weighted by atomic mass is 10.2. The van der Waals surface area contributed by atoms with Crippen molar-refractivity contribution in [2.45, 2.75) is 51.0 Å². The van der Waals surface area contributed by atoms with E-state index in [0.29, 0.717) is 22.1 Å². The second-order valence-corrected chi connectivity index (χ2v) is 11.4. The van der Waals surface area contributed by atoms with E-state index in [1.54, 1.807) is 34.9 Å². The minimum atomic E-state index is -4.79. The van der Waals surface area contributed by atoms with Crippen LogP contribution < -0.4 is 15.2 Å². The van der Waals surface area contributed by atoms with Crippen LogP contribution in [-0.2, 0) is 28.2 Å². The molecule has 5 rings (SSSR count). The minimum Gasteiger partial charge on any atom is -0.457 e. The number of ether oxygens (including phenoxy) is 2. The predicted molar refractivity (Wildman–Crippen MR) is 152 cm³/mol. The lowest BCUT2D eigenvalue weighted by molar-refractivity contribution is -0.170. The Balaban J connectivity index is 1.33. The molecule has 1 unspecified atom stereocenters. The summed E-state index contributed by atoms with van der Waals surface area (Å²) in [5, 5.41) is 6.17. The van der Waals surface area contributed by atoms with Gasteiger partial charge in [0.2, 0.25) is 6.29 Å². The highest BCUT2D eigenvalue weighted by Gasteiger charge is 2.45. The lowest BCUT2D eigenvalue weighted by Gasteiger charge is -2.22. The van der Waals surface area contributed by atoms with E-state index in [4.69, 9.17) is 30.1 Å². The third kappa shape index (κ3) is 7.66. The predicted octanol–water partition coefficient (Wildman–Crippen LogP) is 4.14. The highest BCUT2D eigenvalue weighted by molar-refractivity contribution is 7.47. The molecule has 3 heterocycles. The highest BCUT2D eigenvalue weighted by Crippen LogP contribution is 2.49. The Labute approximate surface area is 250 Å². The molecular weight excluding hydrogens is 605 g/mol. The van der Waals surface area contributed by atoms with Crippen LogP contribution in [0.15, 0.2) is 65.9 Å². The van der Waals surface area contributed by atoms with E-state index in [-0.39, 0.29) is 36.7 Å². The van der Waals surface area contributed by atoms with Crippen molar-refractivity contribution in [3.8, 4) is 5.75 Å². The summed E-state index contributed by atoms with van der Waals surface area (Å²) in [6.07, 6.45) is -1.81. The number of hydrogen-bond donors (Lipinski definition) is 3. The number of ketones is 1. The maximum atomic E-state index is 12.9. The molecular formula is C27H27ClN5O9P. The second kappa shape index (κ2) is 13.1. The molecule has 1 aromatic heterocycles. The van der Waals surface area contributed by atoms with Crippen molar-refractivity contribution in [2.24, 2.45) is 4.99 Å². The molecule has 1 amide bonds. The Hall–Kier alpha value is -4.07. The number of carbonyl (C=O) groups is 3. The van der Waals surface area contributed by atoms with E-state index in [0.717, 1.165) is 0 Å². The molecule has 2 aliphatic heterocycles. The third-order valence-corrected chi connectivity index (χ3v) is 7.55. The summed E-state index contributed by atoms with van der Waals surface area (Å²) in [6.45, 7) is 1.35. The van der Waals surface area contributed by atoms with Gasteiger partial charge in [-0.25, -0.2) is 19.1 Å². The molecule has 226 valence electrons.